The van der Waals surface area contributed by atoms with Gasteiger partial charge in [0.2, 0.25) is 0 Å². The number of hydrogen-bond donors (Lipinski definition) is 1. The van der Waals surface area contributed by atoms with Crippen LogP contribution in [0.1, 0.15) is 48.5 Å². The Balaban J connectivity index is 1.62. The summed E-state index contributed by atoms with van der Waals surface area (Å²) in [5, 5.41) is 6.02. The summed E-state index contributed by atoms with van der Waals surface area (Å²) in [7, 11) is 1.61. The second-order valence-corrected chi connectivity index (χ2v) is 7.05. The van der Waals surface area contributed by atoms with Gasteiger partial charge in [-0.05, 0) is 47.0 Å². The molecule has 5 nitrogen and oxygen atoms in total. The molecule has 0 aliphatic heterocycles. The van der Waals surface area contributed by atoms with Gasteiger partial charge in [-0.25, -0.2) is 5.43 Å². The van der Waals surface area contributed by atoms with Crippen LogP contribution < -0.4 is 14.9 Å². The van der Waals surface area contributed by atoms with Crippen molar-refractivity contribution >= 4 is 22.9 Å². The van der Waals surface area contributed by atoms with Gasteiger partial charge in [0.25, 0.3) is 5.91 Å². The fraction of sp³-hybridized carbons (Fsp3) is 0.280. The number of carbonyl (C=O) groups excluding carboxylic acids is 1. The minimum atomic E-state index is -0.248. The lowest BCUT2D eigenvalue weighted by molar-refractivity contribution is 0.0957. The molecule has 1 amide bonds. The monoisotopic (exact) mass is 404 g/mol. The van der Waals surface area contributed by atoms with E-state index in [1.54, 1.807) is 19.4 Å². The Morgan fingerprint density at radius 3 is 2.67 bits per heavy atom. The number of hydrazone groups is 1. The Kier molecular flexibility index (Phi) is 7.84. The third kappa shape index (κ3) is 5.60. The lowest BCUT2D eigenvalue weighted by Gasteiger charge is -2.11. The van der Waals surface area contributed by atoms with Gasteiger partial charge in [-0.1, -0.05) is 62.6 Å². The summed E-state index contributed by atoms with van der Waals surface area (Å²) in [4.78, 5) is 12.5. The van der Waals surface area contributed by atoms with Gasteiger partial charge in [-0.15, -0.1) is 0 Å². The van der Waals surface area contributed by atoms with E-state index in [1.165, 1.54) is 19.3 Å². The summed E-state index contributed by atoms with van der Waals surface area (Å²) in [6, 6.07) is 19.0. The molecule has 0 saturated heterocycles. The predicted molar refractivity (Wildman–Crippen MR) is 122 cm³/mol. The van der Waals surface area contributed by atoms with Gasteiger partial charge in [-0.3, -0.25) is 4.79 Å². The zero-order chi connectivity index (χ0) is 21.2. The van der Waals surface area contributed by atoms with Crippen molar-refractivity contribution < 1.29 is 14.3 Å². The molecule has 0 radical (unpaired) electrons. The fourth-order valence-electron chi connectivity index (χ4n) is 3.24. The van der Waals surface area contributed by atoms with E-state index in [1.807, 2.05) is 54.6 Å². The summed E-state index contributed by atoms with van der Waals surface area (Å²) < 4.78 is 11.3. The van der Waals surface area contributed by atoms with Crippen molar-refractivity contribution in [3.63, 3.8) is 0 Å². The Morgan fingerprint density at radius 2 is 1.83 bits per heavy atom. The second-order valence-electron chi connectivity index (χ2n) is 7.05. The molecule has 0 bridgehead atoms. The quantitative estimate of drug-likeness (QED) is 0.273. The van der Waals surface area contributed by atoms with Gasteiger partial charge in [0.1, 0.15) is 0 Å². The number of fused-ring (bicyclic) bond motifs is 1. The molecule has 156 valence electrons. The molecular formula is C25H28N2O3. The molecule has 30 heavy (non-hydrogen) atoms. The molecule has 0 unspecified atom stereocenters. The van der Waals surface area contributed by atoms with Crippen molar-refractivity contribution in [2.45, 2.75) is 32.6 Å². The zero-order valence-corrected chi connectivity index (χ0v) is 17.6. The Hall–Kier alpha value is -3.34. The number of amides is 1. The van der Waals surface area contributed by atoms with Crippen LogP contribution in [0.5, 0.6) is 11.5 Å². The molecule has 0 aliphatic rings. The molecule has 0 saturated carbocycles. The SMILES string of the molecule is CCCCCCOc1ccc(/C=N/NC(=O)c2cccc3ccccc23)cc1OC. The number of hydrogen-bond acceptors (Lipinski definition) is 4. The minimum Gasteiger partial charge on any atom is -0.493 e. The van der Waals surface area contributed by atoms with Gasteiger partial charge in [0.15, 0.2) is 11.5 Å². The van der Waals surface area contributed by atoms with Crippen molar-refractivity contribution in [2.24, 2.45) is 5.10 Å². The third-order valence-electron chi connectivity index (χ3n) is 4.86. The molecule has 0 aromatic heterocycles. The van der Waals surface area contributed by atoms with Gasteiger partial charge in [0, 0.05) is 5.56 Å². The topological polar surface area (TPSA) is 59.9 Å². The number of unbranched alkanes of at least 4 members (excludes halogenated alkanes) is 3. The average molecular weight is 405 g/mol. The maximum Gasteiger partial charge on any atom is 0.271 e. The number of carbonyl (C=O) groups is 1. The van der Waals surface area contributed by atoms with Crippen LogP contribution in [0.2, 0.25) is 0 Å². The van der Waals surface area contributed by atoms with E-state index in [0.29, 0.717) is 23.7 Å². The molecule has 1 N–H and O–H groups in total. The lowest BCUT2D eigenvalue weighted by atomic mass is 10.0. The van der Waals surface area contributed by atoms with Crippen molar-refractivity contribution in [3.8, 4) is 11.5 Å². The van der Waals surface area contributed by atoms with E-state index in [4.69, 9.17) is 9.47 Å². The summed E-state index contributed by atoms with van der Waals surface area (Å²) in [5.41, 5.74) is 4.00. The van der Waals surface area contributed by atoms with Crippen LogP contribution in [0.15, 0.2) is 65.8 Å². The van der Waals surface area contributed by atoms with Crippen LogP contribution in [0.25, 0.3) is 10.8 Å². The highest BCUT2D eigenvalue weighted by Crippen LogP contribution is 2.28. The largest absolute Gasteiger partial charge is 0.493 e. The second kappa shape index (κ2) is 11.0. The number of ether oxygens (including phenoxy) is 2. The lowest BCUT2D eigenvalue weighted by Crippen LogP contribution is -2.17. The molecule has 3 aromatic carbocycles. The number of nitrogens with zero attached hydrogens (tertiary/aromatic N) is 1. The normalized spacial score (nSPS) is 11.0. The van der Waals surface area contributed by atoms with E-state index in [0.717, 1.165) is 22.8 Å². The number of methoxy groups -OCH3 is 1. The van der Waals surface area contributed by atoms with E-state index in [2.05, 4.69) is 17.5 Å². The smallest absolute Gasteiger partial charge is 0.271 e. The molecule has 0 aliphatic carbocycles. The maximum atomic E-state index is 12.5. The molecular weight excluding hydrogens is 376 g/mol. The van der Waals surface area contributed by atoms with Crippen LogP contribution in [0.4, 0.5) is 0 Å². The van der Waals surface area contributed by atoms with Gasteiger partial charge in [-0.2, -0.15) is 5.10 Å². The first kappa shape index (κ1) is 21.4. The fourth-order valence-corrected chi connectivity index (χ4v) is 3.24. The number of nitrogens with one attached hydrogen (secondary N) is 1. The minimum absolute atomic E-state index is 0.248. The standard InChI is InChI=1S/C25H28N2O3/c1-3-4-5-8-16-30-23-15-14-19(17-24(23)29-2)18-26-27-25(28)22-13-9-11-20-10-6-7-12-21(20)22/h6-7,9-15,17-18H,3-5,8,16H2,1-2H3,(H,27,28)/b26-18+. The molecule has 0 atom stereocenters. The van der Waals surface area contributed by atoms with Crippen LogP contribution >= 0.6 is 0 Å². The summed E-state index contributed by atoms with van der Waals surface area (Å²) in [5.74, 6) is 1.11. The van der Waals surface area contributed by atoms with Crippen LogP contribution in [-0.4, -0.2) is 25.8 Å². The Morgan fingerprint density at radius 1 is 1.00 bits per heavy atom. The van der Waals surface area contributed by atoms with Crippen molar-refractivity contribution in [1.29, 1.82) is 0 Å². The average Bonchev–Trinajstić information content (AvgIpc) is 2.79. The molecule has 0 fully saturated rings. The highest BCUT2D eigenvalue weighted by atomic mass is 16.5. The molecule has 3 aromatic rings. The van der Waals surface area contributed by atoms with E-state index in [9.17, 15) is 4.79 Å². The highest BCUT2D eigenvalue weighted by molar-refractivity contribution is 6.07. The molecule has 5 heteroatoms. The van der Waals surface area contributed by atoms with Crippen molar-refractivity contribution in [3.05, 3.63) is 71.8 Å². The first-order valence-electron chi connectivity index (χ1n) is 10.3. The highest BCUT2D eigenvalue weighted by Gasteiger charge is 2.09. The van der Waals surface area contributed by atoms with E-state index >= 15 is 0 Å². The van der Waals surface area contributed by atoms with Crippen LogP contribution in [0.3, 0.4) is 0 Å². The summed E-state index contributed by atoms with van der Waals surface area (Å²) in [6.45, 7) is 2.86. The van der Waals surface area contributed by atoms with Gasteiger partial charge in [0.05, 0.1) is 19.9 Å². The number of rotatable bonds is 10. The van der Waals surface area contributed by atoms with Crippen molar-refractivity contribution in [2.75, 3.05) is 13.7 Å². The van der Waals surface area contributed by atoms with Gasteiger partial charge >= 0.3 is 0 Å². The van der Waals surface area contributed by atoms with E-state index < -0.39 is 0 Å². The Labute approximate surface area is 177 Å². The first-order valence-corrected chi connectivity index (χ1v) is 10.3. The summed E-state index contributed by atoms with van der Waals surface area (Å²) in [6.07, 6.45) is 6.21. The maximum absolute atomic E-state index is 12.5. The van der Waals surface area contributed by atoms with Crippen LogP contribution in [-0.2, 0) is 0 Å². The molecule has 0 spiro atoms. The number of benzene rings is 3. The zero-order valence-electron chi connectivity index (χ0n) is 17.6. The van der Waals surface area contributed by atoms with Crippen LogP contribution in [0, 0.1) is 0 Å². The van der Waals surface area contributed by atoms with Crippen molar-refractivity contribution in [1.82, 2.24) is 5.43 Å². The van der Waals surface area contributed by atoms with E-state index in [-0.39, 0.29) is 5.91 Å². The molecule has 3 rings (SSSR count). The predicted octanol–water partition coefficient (Wildman–Crippen LogP) is 5.57. The molecule has 0 heterocycles. The Bertz CT molecular complexity index is 1010. The summed E-state index contributed by atoms with van der Waals surface area (Å²) >= 11 is 0. The first-order chi connectivity index (χ1) is 14.7. The van der Waals surface area contributed by atoms with Gasteiger partial charge < -0.3 is 9.47 Å². The third-order valence-corrected chi connectivity index (χ3v) is 4.86.